The van der Waals surface area contributed by atoms with Gasteiger partial charge in [0.25, 0.3) is 5.91 Å². The largest absolute Gasteiger partial charge is 0.490 e. The second-order valence-corrected chi connectivity index (χ2v) is 16.3. The third kappa shape index (κ3) is 10.1. The fourth-order valence-electron chi connectivity index (χ4n) is 5.04. The lowest BCUT2D eigenvalue weighted by Gasteiger charge is -2.26. The molecule has 1 fully saturated rings. The average Bonchev–Trinajstić information content (AvgIpc) is 3.75. The van der Waals surface area contributed by atoms with Crippen molar-refractivity contribution in [1.82, 2.24) is 20.6 Å². The Hall–Kier alpha value is -3.74. The lowest BCUT2D eigenvalue weighted by atomic mass is 9.86. The van der Waals surface area contributed by atoms with Crippen LogP contribution in [0.3, 0.4) is 0 Å². The number of nitrogens with one attached hydrogen (secondary N) is 3. The zero-order valence-corrected chi connectivity index (χ0v) is 29.3. The van der Waals surface area contributed by atoms with Crippen LogP contribution in [0, 0.1) is 11.8 Å². The Labute approximate surface area is 279 Å². The summed E-state index contributed by atoms with van der Waals surface area (Å²) < 4.78 is 33.0. The third-order valence-electron chi connectivity index (χ3n) is 8.52. The van der Waals surface area contributed by atoms with Gasteiger partial charge in [-0.3, -0.25) is 14.1 Å². The van der Waals surface area contributed by atoms with E-state index in [0.29, 0.717) is 36.5 Å². The molecule has 2 aromatic heterocycles. The van der Waals surface area contributed by atoms with E-state index < -0.39 is 33.3 Å². The van der Waals surface area contributed by atoms with Gasteiger partial charge in [-0.05, 0) is 72.9 Å². The Balaban J connectivity index is 1.53. The van der Waals surface area contributed by atoms with Crippen LogP contribution in [-0.4, -0.2) is 73.5 Å². The molecule has 11 nitrogen and oxygen atoms in total. The first-order chi connectivity index (χ1) is 22.1. The van der Waals surface area contributed by atoms with E-state index in [2.05, 4.69) is 65.7 Å². The summed E-state index contributed by atoms with van der Waals surface area (Å²) in [7, 11) is -2.27. The summed E-state index contributed by atoms with van der Waals surface area (Å²) in [6.45, 7) is 13.2. The van der Waals surface area contributed by atoms with Gasteiger partial charge in [-0.1, -0.05) is 52.0 Å². The number of carbonyl (C=O) groups is 1. The molecule has 4 unspecified atom stereocenters. The highest BCUT2D eigenvalue weighted by molar-refractivity contribution is 7.93. The number of aliphatic hydroxyl groups excluding tert-OH is 1. The van der Waals surface area contributed by atoms with E-state index in [1.165, 1.54) is 18.7 Å². The summed E-state index contributed by atoms with van der Waals surface area (Å²) in [6.07, 6.45) is 3.28. The molecule has 0 radical (unpaired) electrons. The molecule has 4 N–H and O–H groups in total. The maximum atomic E-state index is 13.8. The number of aliphatic hydroxyl groups is 1. The lowest BCUT2D eigenvalue weighted by molar-refractivity contribution is 0.0732. The first-order valence-corrected chi connectivity index (χ1v) is 17.7. The van der Waals surface area contributed by atoms with Gasteiger partial charge in [-0.15, -0.1) is 0 Å². The Morgan fingerprint density at radius 2 is 1.89 bits per heavy atom. The SMILES string of the molecule is CC1CC1CNc1cc(C(=O)NC(COc2cccnc2)C(O)CNCc2cccc(C(C)(C)C)c2)cc(N(C)S(=O)(=O)C(C)C)n1. The van der Waals surface area contributed by atoms with E-state index in [0.717, 1.165) is 16.3 Å². The smallest absolute Gasteiger partial charge is 0.251 e. The van der Waals surface area contributed by atoms with Crippen LogP contribution in [-0.2, 0) is 22.0 Å². The number of benzene rings is 1. The molecule has 1 aromatic carbocycles. The number of aromatic nitrogens is 2. The van der Waals surface area contributed by atoms with Gasteiger partial charge in [0.05, 0.1) is 23.6 Å². The van der Waals surface area contributed by atoms with Gasteiger partial charge in [-0.25, -0.2) is 13.4 Å². The lowest BCUT2D eigenvalue weighted by Crippen LogP contribution is -2.50. The van der Waals surface area contributed by atoms with Crippen molar-refractivity contribution in [3.8, 4) is 5.75 Å². The molecule has 2 heterocycles. The molecule has 0 aliphatic heterocycles. The van der Waals surface area contributed by atoms with Gasteiger partial charge >= 0.3 is 0 Å². The van der Waals surface area contributed by atoms with Crippen LogP contribution in [0.2, 0.25) is 0 Å². The predicted molar refractivity (Wildman–Crippen MR) is 186 cm³/mol. The number of pyridine rings is 2. The minimum atomic E-state index is -3.70. The molecule has 0 saturated heterocycles. The molecule has 4 atom stereocenters. The van der Waals surface area contributed by atoms with E-state index in [1.54, 1.807) is 44.4 Å². The number of amides is 1. The Kier molecular flexibility index (Phi) is 11.9. The molecule has 0 spiro atoms. The first kappa shape index (κ1) is 36.1. The van der Waals surface area contributed by atoms with Crippen LogP contribution in [0.15, 0.2) is 60.9 Å². The van der Waals surface area contributed by atoms with Crippen molar-refractivity contribution in [3.63, 3.8) is 0 Å². The Morgan fingerprint density at radius 1 is 1.15 bits per heavy atom. The normalized spacial score (nSPS) is 17.6. The number of carbonyl (C=O) groups excluding carboxylic acids is 1. The van der Waals surface area contributed by atoms with E-state index in [9.17, 15) is 18.3 Å². The van der Waals surface area contributed by atoms with Crippen molar-refractivity contribution in [3.05, 3.63) is 77.6 Å². The standard InChI is InChI=1S/C35H50N6O5S/c1-23(2)47(44,45)41(7)33-17-26(16-32(40-33)38-19-27-14-24(27)3)34(43)39-30(22-46-29-12-9-13-36-20-29)31(42)21-37-18-25-10-8-11-28(15-25)35(4,5)6/h8-13,15-17,20,23-24,27,30-31,37,42H,14,18-19,21-22H2,1-7H3,(H,38,40)(H,39,43). The van der Waals surface area contributed by atoms with Gasteiger partial charge in [0, 0.05) is 38.4 Å². The maximum absolute atomic E-state index is 13.8. The number of ether oxygens (including phenoxy) is 1. The Morgan fingerprint density at radius 3 is 2.53 bits per heavy atom. The van der Waals surface area contributed by atoms with Gasteiger partial charge in [0.15, 0.2) is 0 Å². The van der Waals surface area contributed by atoms with E-state index in [-0.39, 0.29) is 29.9 Å². The molecular formula is C35H50N6O5S. The molecule has 1 aliphatic carbocycles. The second-order valence-electron chi connectivity index (χ2n) is 13.7. The fourth-order valence-corrected chi connectivity index (χ4v) is 6.03. The summed E-state index contributed by atoms with van der Waals surface area (Å²) in [4.78, 5) is 22.4. The van der Waals surface area contributed by atoms with Crippen LogP contribution in [0.4, 0.5) is 11.6 Å². The van der Waals surface area contributed by atoms with Crippen molar-refractivity contribution >= 4 is 27.6 Å². The zero-order chi connectivity index (χ0) is 34.4. The van der Waals surface area contributed by atoms with Crippen LogP contribution in [0.25, 0.3) is 0 Å². The number of sulfonamides is 1. The van der Waals surface area contributed by atoms with Crippen molar-refractivity contribution in [1.29, 1.82) is 0 Å². The molecule has 256 valence electrons. The third-order valence-corrected chi connectivity index (χ3v) is 10.7. The summed E-state index contributed by atoms with van der Waals surface area (Å²) in [5, 5.41) is 20.1. The van der Waals surface area contributed by atoms with Crippen molar-refractivity contribution < 1.29 is 23.1 Å². The summed E-state index contributed by atoms with van der Waals surface area (Å²) >= 11 is 0. The van der Waals surface area contributed by atoms with E-state index in [4.69, 9.17) is 4.74 Å². The molecule has 4 rings (SSSR count). The highest BCUT2D eigenvalue weighted by atomic mass is 32.2. The number of anilines is 2. The molecule has 0 bridgehead atoms. The predicted octanol–water partition coefficient (Wildman–Crippen LogP) is 4.34. The van der Waals surface area contributed by atoms with Crippen molar-refractivity contribution in [2.75, 3.05) is 36.4 Å². The molecule has 1 aliphatic rings. The fraction of sp³-hybridized carbons (Fsp3) is 0.514. The molecule has 12 heteroatoms. The minimum Gasteiger partial charge on any atom is -0.490 e. The number of nitrogens with zero attached hydrogens (tertiary/aromatic N) is 3. The van der Waals surface area contributed by atoms with E-state index >= 15 is 0 Å². The van der Waals surface area contributed by atoms with Gasteiger partial charge in [0.1, 0.15) is 24.0 Å². The quantitative estimate of drug-likeness (QED) is 0.175. The number of hydrogen-bond acceptors (Lipinski definition) is 9. The minimum absolute atomic E-state index is 0.0147. The highest BCUT2D eigenvalue weighted by Crippen LogP contribution is 2.37. The number of rotatable bonds is 16. The van der Waals surface area contributed by atoms with Crippen LogP contribution in [0.1, 0.15) is 69.4 Å². The van der Waals surface area contributed by atoms with Gasteiger partial charge in [0.2, 0.25) is 10.0 Å². The molecule has 1 saturated carbocycles. The van der Waals surface area contributed by atoms with Crippen LogP contribution < -0.4 is 25.0 Å². The second kappa shape index (κ2) is 15.4. The molecule has 47 heavy (non-hydrogen) atoms. The zero-order valence-electron chi connectivity index (χ0n) is 28.5. The molecule has 1 amide bonds. The van der Waals surface area contributed by atoms with Gasteiger partial charge < -0.3 is 25.8 Å². The van der Waals surface area contributed by atoms with Crippen molar-refractivity contribution in [2.24, 2.45) is 11.8 Å². The summed E-state index contributed by atoms with van der Waals surface area (Å²) in [6, 6.07) is 14.0. The summed E-state index contributed by atoms with van der Waals surface area (Å²) in [5.74, 6) is 1.64. The Bertz CT molecular complexity index is 1600. The average molecular weight is 667 g/mol. The first-order valence-electron chi connectivity index (χ1n) is 16.2. The van der Waals surface area contributed by atoms with E-state index in [1.807, 2.05) is 12.1 Å². The highest BCUT2D eigenvalue weighted by Gasteiger charge is 2.32. The van der Waals surface area contributed by atoms with Gasteiger partial charge in [-0.2, -0.15) is 0 Å². The topological polar surface area (TPSA) is 146 Å². The monoisotopic (exact) mass is 666 g/mol. The summed E-state index contributed by atoms with van der Waals surface area (Å²) in [5.41, 5.74) is 2.53. The van der Waals surface area contributed by atoms with Crippen LogP contribution in [0.5, 0.6) is 5.75 Å². The van der Waals surface area contributed by atoms with Crippen LogP contribution >= 0.6 is 0 Å². The van der Waals surface area contributed by atoms with Crippen molar-refractivity contribution in [2.45, 2.75) is 77.3 Å². The number of hydrogen-bond donors (Lipinski definition) is 4. The molecular weight excluding hydrogens is 616 g/mol. The molecule has 3 aromatic rings. The maximum Gasteiger partial charge on any atom is 0.251 e.